The quantitative estimate of drug-likeness (QED) is 0.384. The number of aryl methyl sites for hydroxylation is 3. The molecule has 0 spiro atoms. The minimum Gasteiger partial charge on any atom is -0.484 e. The predicted octanol–water partition coefficient (Wildman–Crippen LogP) is 3.38. The second-order valence-electron chi connectivity index (χ2n) is 6.40. The molecule has 2 aromatic rings. The summed E-state index contributed by atoms with van der Waals surface area (Å²) in [6, 6.07) is 11.2. The third-order valence-corrected chi connectivity index (χ3v) is 4.64. The number of hydrazine groups is 1. The number of halogens is 1. The molecule has 0 aliphatic heterocycles. The number of hydrogen-bond donors (Lipinski definition) is 3. The average Bonchev–Trinajstić information content (AvgIpc) is 2.68. The molecule has 0 aliphatic carbocycles. The molecule has 0 unspecified atom stereocenters. The molecule has 0 saturated heterocycles. The van der Waals surface area contributed by atoms with Crippen molar-refractivity contribution in [2.24, 2.45) is 0 Å². The molecule has 0 aromatic heterocycles. The van der Waals surface area contributed by atoms with Crippen molar-refractivity contribution in [2.75, 3.05) is 6.61 Å². The maximum Gasteiger partial charge on any atom is 0.276 e. The van der Waals surface area contributed by atoms with Crippen LogP contribution in [0.3, 0.4) is 0 Å². The molecule has 6 nitrogen and oxygen atoms in total. The molecular weight excluding hydrogens is 410 g/mol. The molecule has 2 aromatic carbocycles. The van der Waals surface area contributed by atoms with Crippen molar-refractivity contribution < 1.29 is 14.3 Å². The summed E-state index contributed by atoms with van der Waals surface area (Å²) < 4.78 is 5.44. The fourth-order valence-electron chi connectivity index (χ4n) is 2.34. The van der Waals surface area contributed by atoms with Crippen molar-refractivity contribution in [3.63, 3.8) is 0 Å². The highest BCUT2D eigenvalue weighted by Crippen LogP contribution is 2.25. The molecule has 0 saturated carbocycles. The van der Waals surface area contributed by atoms with Gasteiger partial charge in [-0.3, -0.25) is 25.8 Å². The van der Waals surface area contributed by atoms with E-state index in [0.717, 1.165) is 22.3 Å². The molecule has 29 heavy (non-hydrogen) atoms. The Labute approximate surface area is 180 Å². The highest BCUT2D eigenvalue weighted by atomic mass is 35.5. The van der Waals surface area contributed by atoms with Crippen LogP contribution in [0, 0.1) is 20.8 Å². The molecule has 0 bridgehead atoms. The predicted molar refractivity (Wildman–Crippen MR) is 119 cm³/mol. The number of carbonyl (C=O) groups is 2. The summed E-state index contributed by atoms with van der Waals surface area (Å²) in [4.78, 5) is 23.7. The molecule has 0 atom stereocenters. The molecule has 0 fully saturated rings. The van der Waals surface area contributed by atoms with Gasteiger partial charge in [0.15, 0.2) is 11.7 Å². The molecule has 8 heteroatoms. The lowest BCUT2D eigenvalue weighted by Crippen LogP contribution is -2.49. The first-order chi connectivity index (χ1) is 13.7. The van der Waals surface area contributed by atoms with Crippen LogP contribution in [0.4, 0.5) is 0 Å². The zero-order chi connectivity index (χ0) is 21.4. The topological polar surface area (TPSA) is 79.5 Å². The van der Waals surface area contributed by atoms with Gasteiger partial charge >= 0.3 is 0 Å². The number of rotatable bonds is 5. The number of nitrogens with one attached hydrogen (secondary N) is 3. The van der Waals surface area contributed by atoms with E-state index in [2.05, 4.69) is 16.2 Å². The van der Waals surface area contributed by atoms with Gasteiger partial charge in [-0.25, -0.2) is 0 Å². The monoisotopic (exact) mass is 431 g/mol. The number of thiocarbonyl (C=S) groups is 1. The van der Waals surface area contributed by atoms with Crippen molar-refractivity contribution in [3.05, 3.63) is 69.8 Å². The molecule has 2 rings (SSSR count). The minimum atomic E-state index is -0.456. The number of benzene rings is 2. The van der Waals surface area contributed by atoms with Gasteiger partial charge in [0.1, 0.15) is 5.75 Å². The van der Waals surface area contributed by atoms with Crippen molar-refractivity contribution in [2.45, 2.75) is 20.8 Å². The minimum absolute atomic E-state index is 0.0323. The summed E-state index contributed by atoms with van der Waals surface area (Å²) >= 11 is 11.1. The molecule has 0 aliphatic rings. The molecule has 3 N–H and O–H groups in total. The largest absolute Gasteiger partial charge is 0.484 e. The second kappa shape index (κ2) is 10.6. The Morgan fingerprint density at radius 2 is 1.69 bits per heavy atom. The van der Waals surface area contributed by atoms with Crippen LogP contribution in [-0.2, 0) is 9.59 Å². The van der Waals surface area contributed by atoms with Gasteiger partial charge in [0.25, 0.3) is 5.91 Å². The lowest BCUT2D eigenvalue weighted by atomic mass is 10.1. The van der Waals surface area contributed by atoms with Gasteiger partial charge in [-0.15, -0.1) is 0 Å². The van der Waals surface area contributed by atoms with Crippen LogP contribution in [0.15, 0.2) is 42.5 Å². The van der Waals surface area contributed by atoms with Crippen LogP contribution in [0.25, 0.3) is 6.08 Å². The van der Waals surface area contributed by atoms with Crippen LogP contribution in [0.2, 0.25) is 5.02 Å². The molecule has 2 amide bonds. The average molecular weight is 432 g/mol. The Hall–Kier alpha value is -2.90. The number of ether oxygens (including phenoxy) is 1. The van der Waals surface area contributed by atoms with E-state index in [0.29, 0.717) is 10.8 Å². The Kier molecular flexibility index (Phi) is 8.18. The van der Waals surface area contributed by atoms with E-state index in [1.165, 1.54) is 6.08 Å². The number of carbonyl (C=O) groups excluding carboxylic acids is 2. The fraction of sp³-hybridized carbons (Fsp3) is 0.190. The number of amides is 2. The lowest BCUT2D eigenvalue weighted by molar-refractivity contribution is -0.123. The Balaban J connectivity index is 1.73. The Bertz CT molecular complexity index is 920. The van der Waals surface area contributed by atoms with Gasteiger partial charge in [-0.05, 0) is 67.9 Å². The van der Waals surface area contributed by atoms with Crippen molar-refractivity contribution in [1.82, 2.24) is 16.2 Å². The summed E-state index contributed by atoms with van der Waals surface area (Å²) in [6.07, 6.45) is 3.02. The lowest BCUT2D eigenvalue weighted by Gasteiger charge is -2.12. The van der Waals surface area contributed by atoms with Gasteiger partial charge in [-0.1, -0.05) is 41.4 Å². The van der Waals surface area contributed by atoms with E-state index in [4.69, 9.17) is 28.6 Å². The van der Waals surface area contributed by atoms with Crippen molar-refractivity contribution in [1.29, 1.82) is 0 Å². The van der Waals surface area contributed by atoms with Crippen LogP contribution in [-0.4, -0.2) is 23.5 Å². The highest BCUT2D eigenvalue weighted by molar-refractivity contribution is 7.80. The normalized spacial score (nSPS) is 10.5. The van der Waals surface area contributed by atoms with Gasteiger partial charge in [0.2, 0.25) is 5.91 Å². The van der Waals surface area contributed by atoms with Crippen LogP contribution in [0.5, 0.6) is 5.75 Å². The zero-order valence-corrected chi connectivity index (χ0v) is 17.9. The standard InChI is InChI=1S/C21H22ClN3O3S/c1-13-4-6-16(7-5-13)8-9-18(26)23-21(29)25-24-19(27)12-28-17-10-14(2)20(22)15(3)11-17/h4-11H,12H2,1-3H3,(H,24,27)(H2,23,25,26,29)/b9-8+. The van der Waals surface area contributed by atoms with Crippen molar-refractivity contribution >= 4 is 46.8 Å². The van der Waals surface area contributed by atoms with Crippen LogP contribution < -0.4 is 20.9 Å². The Morgan fingerprint density at radius 3 is 2.31 bits per heavy atom. The summed E-state index contributed by atoms with van der Waals surface area (Å²) in [6.45, 7) is 5.48. The van der Waals surface area contributed by atoms with E-state index >= 15 is 0 Å². The van der Waals surface area contributed by atoms with Gasteiger partial charge < -0.3 is 4.74 Å². The second-order valence-corrected chi connectivity index (χ2v) is 7.18. The van der Waals surface area contributed by atoms with E-state index in [1.807, 2.05) is 45.0 Å². The SMILES string of the molecule is Cc1ccc(/C=C/C(=O)NC(=S)NNC(=O)COc2cc(C)c(Cl)c(C)c2)cc1. The smallest absolute Gasteiger partial charge is 0.276 e. The van der Waals surface area contributed by atoms with Crippen LogP contribution in [0.1, 0.15) is 22.3 Å². The maximum absolute atomic E-state index is 11.9. The molecule has 152 valence electrons. The van der Waals surface area contributed by atoms with E-state index < -0.39 is 11.8 Å². The first kappa shape index (κ1) is 22.4. The zero-order valence-electron chi connectivity index (χ0n) is 16.3. The summed E-state index contributed by atoms with van der Waals surface area (Å²) in [5.41, 5.74) is 8.57. The molecule has 0 heterocycles. The van der Waals surface area contributed by atoms with Crippen LogP contribution >= 0.6 is 23.8 Å². The number of hydrogen-bond acceptors (Lipinski definition) is 4. The van der Waals surface area contributed by atoms with E-state index in [1.54, 1.807) is 18.2 Å². The van der Waals surface area contributed by atoms with Gasteiger partial charge in [-0.2, -0.15) is 0 Å². The first-order valence-electron chi connectivity index (χ1n) is 8.78. The summed E-state index contributed by atoms with van der Waals surface area (Å²) in [5, 5.41) is 3.07. The molecule has 0 radical (unpaired) electrons. The third kappa shape index (κ3) is 7.56. The van der Waals surface area contributed by atoms with E-state index in [-0.39, 0.29) is 11.7 Å². The first-order valence-corrected chi connectivity index (χ1v) is 9.57. The maximum atomic E-state index is 11.9. The van der Waals surface area contributed by atoms with Crippen molar-refractivity contribution in [3.8, 4) is 5.75 Å². The third-order valence-electron chi connectivity index (χ3n) is 3.84. The Morgan fingerprint density at radius 1 is 1.07 bits per heavy atom. The highest BCUT2D eigenvalue weighted by Gasteiger charge is 2.07. The van der Waals surface area contributed by atoms with Gasteiger partial charge in [0.05, 0.1) is 0 Å². The summed E-state index contributed by atoms with van der Waals surface area (Å²) in [5.74, 6) is -0.334. The van der Waals surface area contributed by atoms with Gasteiger partial charge in [0, 0.05) is 11.1 Å². The van der Waals surface area contributed by atoms with E-state index in [9.17, 15) is 9.59 Å². The summed E-state index contributed by atoms with van der Waals surface area (Å²) in [7, 11) is 0. The molecular formula is C21H22ClN3O3S. The fourth-order valence-corrected chi connectivity index (χ4v) is 2.60.